The summed E-state index contributed by atoms with van der Waals surface area (Å²) in [4.78, 5) is 25.1. The number of piperidine rings is 1. The standard InChI is InChI=1S/C28H36N4O2/c33-28(32-15-4-5-16-32)20-22-11-12-25-26(19-22)30-27(29-25)10-7-17-34-24-9-6-8-23(18-24)21-31-13-2-1-3-14-31/h6,8-9,11-12,18-19H,1-5,7,10,13-17,20-21H2,(H,29,30). The van der Waals surface area contributed by atoms with E-state index >= 15 is 0 Å². The van der Waals surface area contributed by atoms with E-state index in [0.29, 0.717) is 13.0 Å². The number of H-pyrrole nitrogens is 1. The number of likely N-dealkylation sites (tertiary alicyclic amines) is 2. The minimum absolute atomic E-state index is 0.227. The van der Waals surface area contributed by atoms with Crippen LogP contribution in [-0.4, -0.2) is 58.5 Å². The minimum atomic E-state index is 0.227. The largest absolute Gasteiger partial charge is 0.494 e. The van der Waals surface area contributed by atoms with Crippen LogP contribution in [0.3, 0.4) is 0 Å². The van der Waals surface area contributed by atoms with Gasteiger partial charge >= 0.3 is 0 Å². The Kier molecular flexibility index (Phi) is 7.44. The molecule has 0 unspecified atom stereocenters. The van der Waals surface area contributed by atoms with Gasteiger partial charge in [0.05, 0.1) is 24.1 Å². The van der Waals surface area contributed by atoms with Gasteiger partial charge < -0.3 is 14.6 Å². The highest BCUT2D eigenvalue weighted by Gasteiger charge is 2.18. The Labute approximate surface area is 202 Å². The van der Waals surface area contributed by atoms with E-state index in [4.69, 9.17) is 9.72 Å². The Morgan fingerprint density at radius 2 is 1.76 bits per heavy atom. The lowest BCUT2D eigenvalue weighted by Gasteiger charge is -2.26. The van der Waals surface area contributed by atoms with Crippen LogP contribution < -0.4 is 4.74 Å². The number of hydrogen-bond acceptors (Lipinski definition) is 4. The molecule has 0 bridgehead atoms. The van der Waals surface area contributed by atoms with Crippen LogP contribution in [0.25, 0.3) is 11.0 Å². The summed E-state index contributed by atoms with van der Waals surface area (Å²) in [6.45, 7) is 5.90. The number of benzene rings is 2. The highest BCUT2D eigenvalue weighted by atomic mass is 16.5. The van der Waals surface area contributed by atoms with Gasteiger partial charge in [0.1, 0.15) is 11.6 Å². The molecule has 0 aliphatic carbocycles. The van der Waals surface area contributed by atoms with Gasteiger partial charge in [-0.1, -0.05) is 24.6 Å². The number of carbonyl (C=O) groups excluding carboxylic acids is 1. The van der Waals surface area contributed by atoms with Crippen LogP contribution in [0.2, 0.25) is 0 Å². The zero-order chi connectivity index (χ0) is 23.2. The van der Waals surface area contributed by atoms with Crippen molar-refractivity contribution in [3.8, 4) is 5.75 Å². The number of carbonyl (C=O) groups is 1. The summed E-state index contributed by atoms with van der Waals surface area (Å²) < 4.78 is 6.04. The van der Waals surface area contributed by atoms with Crippen LogP contribution in [0.5, 0.6) is 5.75 Å². The van der Waals surface area contributed by atoms with E-state index < -0.39 is 0 Å². The van der Waals surface area contributed by atoms with Crippen molar-refractivity contribution in [2.24, 2.45) is 0 Å². The van der Waals surface area contributed by atoms with Gasteiger partial charge in [-0.05, 0) is 80.6 Å². The molecule has 1 aromatic heterocycles. The second-order valence-corrected chi connectivity index (χ2v) is 9.74. The molecule has 0 spiro atoms. The molecular formula is C28H36N4O2. The third kappa shape index (κ3) is 5.98. The Hall–Kier alpha value is -2.86. The number of aryl methyl sites for hydroxylation is 1. The lowest BCUT2D eigenvalue weighted by molar-refractivity contribution is -0.129. The number of imidazole rings is 1. The van der Waals surface area contributed by atoms with E-state index in [1.54, 1.807) is 0 Å². The Morgan fingerprint density at radius 3 is 2.62 bits per heavy atom. The predicted molar refractivity (Wildman–Crippen MR) is 135 cm³/mol. The number of amides is 1. The van der Waals surface area contributed by atoms with Gasteiger partial charge in [0.25, 0.3) is 0 Å². The number of hydrogen-bond donors (Lipinski definition) is 1. The first-order chi connectivity index (χ1) is 16.7. The molecule has 2 saturated heterocycles. The average Bonchev–Trinajstić information content (AvgIpc) is 3.53. The number of ether oxygens (including phenoxy) is 1. The molecule has 6 heteroatoms. The SMILES string of the molecule is O=C(Cc1ccc2[nH]c(CCCOc3cccc(CN4CCCCC4)c3)nc2c1)N1CCCC1. The van der Waals surface area contributed by atoms with Gasteiger partial charge in [-0.3, -0.25) is 9.69 Å². The fraction of sp³-hybridized carbons (Fsp3) is 0.500. The van der Waals surface area contributed by atoms with Crippen LogP contribution in [0.1, 0.15) is 55.5 Å². The van der Waals surface area contributed by atoms with Crippen LogP contribution >= 0.6 is 0 Å². The zero-order valence-corrected chi connectivity index (χ0v) is 20.1. The Balaban J connectivity index is 1.10. The van der Waals surface area contributed by atoms with Crippen LogP contribution in [0.4, 0.5) is 0 Å². The first kappa shape index (κ1) is 22.9. The van der Waals surface area contributed by atoms with Gasteiger partial charge in [0, 0.05) is 26.1 Å². The van der Waals surface area contributed by atoms with Crippen LogP contribution in [0.15, 0.2) is 42.5 Å². The minimum Gasteiger partial charge on any atom is -0.494 e. The third-order valence-corrected chi connectivity index (χ3v) is 6.99. The number of nitrogens with zero attached hydrogens (tertiary/aromatic N) is 3. The second-order valence-electron chi connectivity index (χ2n) is 9.74. The first-order valence-corrected chi connectivity index (χ1v) is 12.9. The van der Waals surface area contributed by atoms with Gasteiger partial charge in [-0.15, -0.1) is 0 Å². The van der Waals surface area contributed by atoms with Crippen molar-refractivity contribution in [3.63, 3.8) is 0 Å². The van der Waals surface area contributed by atoms with Gasteiger partial charge in [0.15, 0.2) is 0 Å². The summed E-state index contributed by atoms with van der Waals surface area (Å²) in [5.74, 6) is 2.15. The molecule has 34 heavy (non-hydrogen) atoms. The number of nitrogens with one attached hydrogen (secondary N) is 1. The Morgan fingerprint density at radius 1 is 0.941 bits per heavy atom. The summed E-state index contributed by atoms with van der Waals surface area (Å²) in [5.41, 5.74) is 4.33. The van der Waals surface area contributed by atoms with E-state index in [1.165, 1.54) is 37.9 Å². The number of aromatic amines is 1. The van der Waals surface area contributed by atoms with E-state index in [-0.39, 0.29) is 5.91 Å². The molecule has 1 N–H and O–H groups in total. The number of fused-ring (bicyclic) bond motifs is 1. The molecule has 0 radical (unpaired) electrons. The fourth-order valence-corrected chi connectivity index (χ4v) is 5.12. The van der Waals surface area contributed by atoms with E-state index in [0.717, 1.165) is 73.5 Å². The van der Waals surface area contributed by atoms with Crippen molar-refractivity contribution in [1.29, 1.82) is 0 Å². The number of rotatable bonds is 9. The summed E-state index contributed by atoms with van der Waals surface area (Å²) >= 11 is 0. The summed E-state index contributed by atoms with van der Waals surface area (Å²) in [6.07, 6.45) is 8.45. The molecule has 1 amide bonds. The molecule has 5 rings (SSSR count). The molecule has 0 atom stereocenters. The smallest absolute Gasteiger partial charge is 0.226 e. The maximum Gasteiger partial charge on any atom is 0.226 e. The molecule has 2 aliphatic heterocycles. The van der Waals surface area contributed by atoms with Crippen molar-refractivity contribution in [3.05, 3.63) is 59.4 Å². The van der Waals surface area contributed by atoms with Crippen molar-refractivity contribution >= 4 is 16.9 Å². The van der Waals surface area contributed by atoms with Crippen molar-refractivity contribution in [2.75, 3.05) is 32.8 Å². The lowest BCUT2D eigenvalue weighted by Crippen LogP contribution is -2.29. The maximum absolute atomic E-state index is 12.4. The average molecular weight is 461 g/mol. The Bertz CT molecular complexity index is 1100. The van der Waals surface area contributed by atoms with Crippen LogP contribution in [-0.2, 0) is 24.2 Å². The summed E-state index contributed by atoms with van der Waals surface area (Å²) in [7, 11) is 0. The highest BCUT2D eigenvalue weighted by molar-refractivity contribution is 5.82. The number of aromatic nitrogens is 2. The molecule has 2 aromatic carbocycles. The molecule has 2 aliphatic rings. The zero-order valence-electron chi connectivity index (χ0n) is 20.1. The van der Waals surface area contributed by atoms with Crippen molar-refractivity contribution < 1.29 is 9.53 Å². The van der Waals surface area contributed by atoms with E-state index in [9.17, 15) is 4.79 Å². The van der Waals surface area contributed by atoms with Gasteiger partial charge in [-0.2, -0.15) is 0 Å². The highest BCUT2D eigenvalue weighted by Crippen LogP contribution is 2.19. The first-order valence-electron chi connectivity index (χ1n) is 12.9. The van der Waals surface area contributed by atoms with Crippen LogP contribution in [0, 0.1) is 0 Å². The quantitative estimate of drug-likeness (QED) is 0.469. The van der Waals surface area contributed by atoms with Crippen molar-refractivity contribution in [2.45, 2.75) is 57.9 Å². The normalized spacial score (nSPS) is 16.9. The van der Waals surface area contributed by atoms with Crippen molar-refractivity contribution in [1.82, 2.24) is 19.8 Å². The monoisotopic (exact) mass is 460 g/mol. The molecule has 6 nitrogen and oxygen atoms in total. The second kappa shape index (κ2) is 11.0. The topological polar surface area (TPSA) is 61.5 Å². The lowest BCUT2D eigenvalue weighted by atomic mass is 10.1. The predicted octanol–water partition coefficient (Wildman–Crippen LogP) is 4.73. The fourth-order valence-electron chi connectivity index (χ4n) is 5.12. The molecule has 2 fully saturated rings. The molecule has 3 aromatic rings. The van der Waals surface area contributed by atoms with E-state index in [2.05, 4.69) is 28.1 Å². The van der Waals surface area contributed by atoms with Gasteiger partial charge in [0.2, 0.25) is 5.91 Å². The maximum atomic E-state index is 12.4. The molecular weight excluding hydrogens is 424 g/mol. The van der Waals surface area contributed by atoms with E-state index in [1.807, 2.05) is 29.2 Å². The molecule has 180 valence electrons. The molecule has 0 saturated carbocycles. The summed E-state index contributed by atoms with van der Waals surface area (Å²) in [5, 5.41) is 0. The summed E-state index contributed by atoms with van der Waals surface area (Å²) in [6, 6.07) is 14.7. The van der Waals surface area contributed by atoms with Gasteiger partial charge in [-0.25, -0.2) is 4.98 Å². The molecule has 3 heterocycles. The third-order valence-electron chi connectivity index (χ3n) is 6.99.